The summed E-state index contributed by atoms with van der Waals surface area (Å²) in [5.41, 5.74) is 12.4. The van der Waals surface area contributed by atoms with E-state index in [1.807, 2.05) is 0 Å². The van der Waals surface area contributed by atoms with Gasteiger partial charge in [0.25, 0.3) is 0 Å². The van der Waals surface area contributed by atoms with Gasteiger partial charge in [-0.25, -0.2) is 0 Å². The van der Waals surface area contributed by atoms with Crippen LogP contribution in [0.1, 0.15) is 30.7 Å². The Morgan fingerprint density at radius 2 is 0.719 bits per heavy atom. The Morgan fingerprint density at radius 3 is 0.969 bits per heavy atom. The Bertz CT molecular complexity index is 1080. The van der Waals surface area contributed by atoms with E-state index in [1.165, 1.54) is 22.3 Å². The van der Waals surface area contributed by atoms with E-state index in [4.69, 9.17) is 0 Å². The zero-order valence-corrected chi connectivity index (χ0v) is 22.6. The monoisotopic (exact) mass is 509 g/mol. The molecule has 0 atom stereocenters. The number of hydrogen-bond acceptors (Lipinski definition) is 0. The van der Waals surface area contributed by atoms with Crippen LogP contribution in [0, 0.1) is 0 Å². The molecule has 4 aromatic rings. The van der Waals surface area contributed by atoms with Crippen molar-refractivity contribution in [1.29, 1.82) is 0 Å². The molecule has 0 fully saturated rings. The molecule has 161 valence electrons. The molecule has 6 rings (SSSR count). The largest absolute Gasteiger partial charge is 0.147 e. The van der Waals surface area contributed by atoms with E-state index in [1.54, 1.807) is 22.3 Å². The topological polar surface area (TPSA) is 0 Å². The minimum absolute atomic E-state index is 0. The number of hydrogen-bond donors (Lipinski definition) is 0. The molecule has 0 aliphatic heterocycles. The summed E-state index contributed by atoms with van der Waals surface area (Å²) >= 11 is -1.59. The Kier molecular flexibility index (Phi) is 6.87. The summed E-state index contributed by atoms with van der Waals surface area (Å²) in [4.78, 5) is 0. The summed E-state index contributed by atoms with van der Waals surface area (Å²) in [6, 6.07) is 37.0. The molecule has 0 unspecified atom stereocenters. The third-order valence-corrected chi connectivity index (χ3v) is 21.4. The first-order chi connectivity index (χ1) is 14.8. The van der Waals surface area contributed by atoms with Crippen LogP contribution in [-0.4, -0.2) is 6.66 Å². The summed E-state index contributed by atoms with van der Waals surface area (Å²) < 4.78 is 1.29. The molecule has 0 bridgehead atoms. The zero-order chi connectivity index (χ0) is 20.2. The van der Waals surface area contributed by atoms with Gasteiger partial charge in [0.05, 0.1) is 0 Å². The number of fused-ring (bicyclic) bond motifs is 6. The van der Waals surface area contributed by atoms with Crippen molar-refractivity contribution in [1.82, 2.24) is 0 Å². The minimum Gasteiger partial charge on any atom is -0.147 e. The molecule has 0 aromatic heterocycles. The molecular formula is C28H27Cl2SiTi. The fourth-order valence-corrected chi connectivity index (χ4v) is 20.7. The van der Waals surface area contributed by atoms with E-state index in [-0.39, 0.29) is 24.8 Å². The van der Waals surface area contributed by atoms with Gasteiger partial charge in [-0.2, -0.15) is 0 Å². The summed E-state index contributed by atoms with van der Waals surface area (Å²) in [5, 5.41) is 0. The maximum absolute atomic E-state index is 2.63. The number of benzene rings is 4. The van der Waals surface area contributed by atoms with Crippen molar-refractivity contribution in [2.45, 2.75) is 21.5 Å². The van der Waals surface area contributed by atoms with E-state index in [2.05, 4.69) is 110 Å². The second-order valence-electron chi connectivity index (χ2n) is 8.87. The van der Waals surface area contributed by atoms with Gasteiger partial charge in [-0.1, -0.05) is 0 Å². The SMILES string of the molecule is C[SiH](C)[Ti]([CH]1c2ccccc2-c2ccccc21)[CH]1c2ccccc2-c2ccccc21.Cl.Cl. The van der Waals surface area contributed by atoms with Crippen molar-refractivity contribution < 1.29 is 17.1 Å². The zero-order valence-electron chi connectivity index (χ0n) is 18.3. The van der Waals surface area contributed by atoms with Crippen LogP contribution in [0.2, 0.25) is 13.1 Å². The molecule has 0 saturated carbocycles. The van der Waals surface area contributed by atoms with Gasteiger partial charge >= 0.3 is 187 Å². The fraction of sp³-hybridized carbons (Fsp3) is 0.143. The second kappa shape index (κ2) is 9.33. The van der Waals surface area contributed by atoms with Crippen molar-refractivity contribution in [3.63, 3.8) is 0 Å². The van der Waals surface area contributed by atoms with Gasteiger partial charge in [0.2, 0.25) is 0 Å². The van der Waals surface area contributed by atoms with Crippen molar-refractivity contribution in [2.75, 3.05) is 0 Å². The Labute approximate surface area is 210 Å². The maximum Gasteiger partial charge on any atom is -0.147 e. The van der Waals surface area contributed by atoms with Gasteiger partial charge in [0.1, 0.15) is 0 Å². The molecule has 0 heterocycles. The molecule has 0 N–H and O–H groups in total. The molecule has 0 amide bonds. The second-order valence-corrected chi connectivity index (χ2v) is 22.7. The van der Waals surface area contributed by atoms with E-state index in [0.717, 1.165) is 0 Å². The first kappa shape index (κ1) is 23.5. The third-order valence-electron chi connectivity index (χ3n) is 7.00. The molecule has 0 spiro atoms. The van der Waals surface area contributed by atoms with E-state index in [0.29, 0.717) is 8.45 Å². The van der Waals surface area contributed by atoms with Crippen LogP contribution in [0.15, 0.2) is 97.1 Å². The molecule has 2 aliphatic carbocycles. The van der Waals surface area contributed by atoms with E-state index < -0.39 is 23.8 Å². The van der Waals surface area contributed by atoms with Crippen molar-refractivity contribution in [2.24, 2.45) is 0 Å². The minimum atomic E-state index is -1.59. The first-order valence-electron chi connectivity index (χ1n) is 11.0. The quantitative estimate of drug-likeness (QED) is 0.245. The predicted molar refractivity (Wildman–Crippen MR) is 141 cm³/mol. The standard InChI is InChI=1S/2C13H9.C2H7Si.2ClH.Ti/c2*1-3-7-12-10(5-1)9-11-6-2-4-8-13(11)12;1-3-2;;;/h2*1-9H;3H,1-2H3;2*1H;. The van der Waals surface area contributed by atoms with Crippen molar-refractivity contribution in [3.8, 4) is 22.3 Å². The normalized spacial score (nSPS) is 13.5. The maximum atomic E-state index is 2.63. The molecule has 4 heteroatoms. The molecule has 32 heavy (non-hydrogen) atoms. The van der Waals surface area contributed by atoms with Crippen molar-refractivity contribution >= 4 is 31.5 Å². The van der Waals surface area contributed by atoms with E-state index in [9.17, 15) is 0 Å². The van der Waals surface area contributed by atoms with Crippen LogP contribution in [0.3, 0.4) is 0 Å². The molecule has 0 saturated heterocycles. The van der Waals surface area contributed by atoms with Crippen LogP contribution in [-0.2, 0) is 17.1 Å². The molecule has 0 radical (unpaired) electrons. The molecule has 2 aliphatic rings. The van der Waals surface area contributed by atoms with Crippen LogP contribution < -0.4 is 0 Å². The Morgan fingerprint density at radius 1 is 0.469 bits per heavy atom. The Balaban J connectivity index is 0.00000122. The fourth-order valence-electron chi connectivity index (χ4n) is 5.86. The van der Waals surface area contributed by atoms with Crippen LogP contribution in [0.25, 0.3) is 22.3 Å². The molecular weight excluding hydrogens is 483 g/mol. The number of halogens is 2. The van der Waals surface area contributed by atoms with E-state index >= 15 is 0 Å². The average Bonchev–Trinajstić information content (AvgIpc) is 3.29. The first-order valence-corrected chi connectivity index (χ1v) is 18.4. The van der Waals surface area contributed by atoms with Gasteiger partial charge in [-0.15, -0.1) is 24.8 Å². The average molecular weight is 510 g/mol. The van der Waals surface area contributed by atoms with Crippen LogP contribution in [0.4, 0.5) is 0 Å². The van der Waals surface area contributed by atoms with Gasteiger partial charge in [0.15, 0.2) is 0 Å². The van der Waals surface area contributed by atoms with Crippen LogP contribution >= 0.6 is 24.8 Å². The van der Waals surface area contributed by atoms with Gasteiger partial charge in [0, 0.05) is 0 Å². The van der Waals surface area contributed by atoms with Crippen LogP contribution in [0.5, 0.6) is 0 Å². The smallest absolute Gasteiger partial charge is 0.147 e. The van der Waals surface area contributed by atoms with Gasteiger partial charge in [-0.3, -0.25) is 0 Å². The third kappa shape index (κ3) is 3.47. The van der Waals surface area contributed by atoms with Gasteiger partial charge < -0.3 is 0 Å². The Hall–Kier alpha value is -1.61. The summed E-state index contributed by atoms with van der Waals surface area (Å²) in [7, 11) is 0. The summed E-state index contributed by atoms with van der Waals surface area (Å²) in [6.07, 6.45) is 0. The summed E-state index contributed by atoms with van der Waals surface area (Å²) in [5.74, 6) is 0. The summed E-state index contributed by atoms with van der Waals surface area (Å²) in [6.45, 7) is 4.39. The predicted octanol–water partition coefficient (Wildman–Crippen LogP) is 7.97. The molecule has 4 aromatic carbocycles. The van der Waals surface area contributed by atoms with Crippen molar-refractivity contribution in [3.05, 3.63) is 119 Å². The van der Waals surface area contributed by atoms with Gasteiger partial charge in [-0.05, 0) is 0 Å². The number of rotatable bonds is 3. The molecule has 0 nitrogen and oxygen atoms in total.